The average molecular weight is 546 g/mol. The molecule has 0 aliphatic carbocycles. The molecule has 4 heteroatoms. The standard InChI is InChI=1S/C37H23NO2S/c39-36(25-18-16-24(17-19-25)28-9-7-10-30-29-8-1-4-13-33(29)40-37(28)30)26-20-22-27(23-21-26)38-31-11-2-5-14-34(31)41-35-15-6-3-12-32(35)38/h1-23H. The minimum atomic E-state index is 0.0000423. The molecule has 194 valence electrons. The summed E-state index contributed by atoms with van der Waals surface area (Å²) in [5.74, 6) is 0.0000423. The van der Waals surface area contributed by atoms with Crippen LogP contribution in [0.2, 0.25) is 0 Å². The Bertz CT molecular complexity index is 2050. The topological polar surface area (TPSA) is 33.5 Å². The van der Waals surface area contributed by atoms with E-state index in [4.69, 9.17) is 4.42 Å². The Labute approximate surface area is 241 Å². The summed E-state index contributed by atoms with van der Waals surface area (Å²) >= 11 is 1.79. The number of fused-ring (bicyclic) bond motifs is 5. The van der Waals surface area contributed by atoms with Crippen molar-refractivity contribution in [2.45, 2.75) is 9.79 Å². The van der Waals surface area contributed by atoms with Crippen LogP contribution in [-0.2, 0) is 0 Å². The summed E-state index contributed by atoms with van der Waals surface area (Å²) < 4.78 is 6.22. The number of furan rings is 1. The Morgan fingerprint density at radius 3 is 1.85 bits per heavy atom. The zero-order valence-electron chi connectivity index (χ0n) is 22.0. The predicted octanol–water partition coefficient (Wildman–Crippen LogP) is 10.4. The van der Waals surface area contributed by atoms with E-state index in [2.05, 4.69) is 77.7 Å². The lowest BCUT2D eigenvalue weighted by molar-refractivity contribution is 0.103. The molecule has 1 aromatic heterocycles. The van der Waals surface area contributed by atoms with Crippen molar-refractivity contribution in [1.29, 1.82) is 0 Å². The highest BCUT2D eigenvalue weighted by molar-refractivity contribution is 7.99. The van der Waals surface area contributed by atoms with Gasteiger partial charge in [-0.25, -0.2) is 0 Å². The summed E-state index contributed by atoms with van der Waals surface area (Å²) in [5.41, 5.74) is 8.40. The minimum Gasteiger partial charge on any atom is -0.455 e. The van der Waals surface area contributed by atoms with Crippen molar-refractivity contribution >= 4 is 56.5 Å². The van der Waals surface area contributed by atoms with Gasteiger partial charge in [-0.1, -0.05) is 96.7 Å². The highest BCUT2D eigenvalue weighted by Gasteiger charge is 2.24. The summed E-state index contributed by atoms with van der Waals surface area (Å²) in [4.78, 5) is 18.2. The van der Waals surface area contributed by atoms with Crippen molar-refractivity contribution in [2.75, 3.05) is 4.90 Å². The first-order valence-electron chi connectivity index (χ1n) is 13.6. The molecule has 0 amide bonds. The molecular weight excluding hydrogens is 522 g/mol. The maximum Gasteiger partial charge on any atom is 0.193 e. The summed E-state index contributed by atoms with van der Waals surface area (Å²) in [6.07, 6.45) is 0. The van der Waals surface area contributed by atoms with E-state index in [-0.39, 0.29) is 5.78 Å². The Balaban J connectivity index is 1.10. The van der Waals surface area contributed by atoms with E-state index in [0.29, 0.717) is 11.1 Å². The van der Waals surface area contributed by atoms with E-state index in [9.17, 15) is 4.79 Å². The molecular formula is C37H23NO2S. The molecule has 0 saturated heterocycles. The molecule has 0 unspecified atom stereocenters. The van der Waals surface area contributed by atoms with Crippen molar-refractivity contribution < 1.29 is 9.21 Å². The van der Waals surface area contributed by atoms with Gasteiger partial charge in [0.25, 0.3) is 0 Å². The van der Waals surface area contributed by atoms with Gasteiger partial charge in [-0.2, -0.15) is 0 Å². The second-order valence-corrected chi connectivity index (χ2v) is 11.2. The second kappa shape index (κ2) is 9.54. The van der Waals surface area contributed by atoms with Crippen LogP contribution in [0.5, 0.6) is 0 Å². The van der Waals surface area contributed by atoms with Crippen molar-refractivity contribution in [3.05, 3.63) is 151 Å². The van der Waals surface area contributed by atoms with Gasteiger partial charge in [0.2, 0.25) is 0 Å². The quantitative estimate of drug-likeness (QED) is 0.206. The first-order chi connectivity index (χ1) is 20.2. The minimum absolute atomic E-state index is 0.0000423. The van der Waals surface area contributed by atoms with Crippen LogP contribution in [-0.4, -0.2) is 5.78 Å². The van der Waals surface area contributed by atoms with Crippen LogP contribution < -0.4 is 4.90 Å². The van der Waals surface area contributed by atoms with Crippen molar-refractivity contribution in [2.24, 2.45) is 0 Å². The van der Waals surface area contributed by atoms with E-state index in [1.807, 2.05) is 66.7 Å². The lowest BCUT2D eigenvalue weighted by Gasteiger charge is -2.32. The Hall–Kier alpha value is -5.06. The zero-order valence-corrected chi connectivity index (χ0v) is 22.8. The van der Waals surface area contributed by atoms with Crippen LogP contribution in [0, 0.1) is 0 Å². The molecule has 0 atom stereocenters. The van der Waals surface area contributed by atoms with Crippen LogP contribution in [0.15, 0.2) is 154 Å². The van der Waals surface area contributed by atoms with Crippen LogP contribution in [0.4, 0.5) is 17.1 Å². The predicted molar refractivity (Wildman–Crippen MR) is 168 cm³/mol. The van der Waals surface area contributed by atoms with E-state index >= 15 is 0 Å². The molecule has 6 aromatic carbocycles. The van der Waals surface area contributed by atoms with Crippen LogP contribution in [0.25, 0.3) is 33.1 Å². The van der Waals surface area contributed by atoms with Gasteiger partial charge >= 0.3 is 0 Å². The van der Waals surface area contributed by atoms with Gasteiger partial charge in [0.15, 0.2) is 5.78 Å². The number of benzene rings is 6. The van der Waals surface area contributed by atoms with Crippen LogP contribution in [0.3, 0.4) is 0 Å². The molecule has 3 nitrogen and oxygen atoms in total. The fourth-order valence-corrected chi connectivity index (χ4v) is 6.74. The number of rotatable bonds is 4. The van der Waals surface area contributed by atoms with E-state index in [0.717, 1.165) is 50.1 Å². The molecule has 1 aliphatic heterocycles. The van der Waals surface area contributed by atoms with Gasteiger partial charge in [0.1, 0.15) is 11.2 Å². The van der Waals surface area contributed by atoms with Gasteiger partial charge in [0.05, 0.1) is 11.4 Å². The maximum absolute atomic E-state index is 13.5. The van der Waals surface area contributed by atoms with E-state index in [1.165, 1.54) is 9.79 Å². The maximum atomic E-state index is 13.5. The largest absolute Gasteiger partial charge is 0.455 e. The van der Waals surface area contributed by atoms with Gasteiger partial charge in [-0.05, 0) is 60.2 Å². The summed E-state index contributed by atoms with van der Waals surface area (Å²) in [7, 11) is 0. The van der Waals surface area contributed by atoms with Crippen molar-refractivity contribution in [3.63, 3.8) is 0 Å². The molecule has 2 heterocycles. The van der Waals surface area contributed by atoms with Gasteiger partial charge in [-0.15, -0.1) is 0 Å². The SMILES string of the molecule is O=C(c1ccc(-c2cccc3c2oc2ccccc23)cc1)c1ccc(N2c3ccccc3Sc3ccccc32)cc1. The molecule has 0 bridgehead atoms. The summed E-state index contributed by atoms with van der Waals surface area (Å²) in [5, 5.41) is 2.20. The summed E-state index contributed by atoms with van der Waals surface area (Å²) in [6.45, 7) is 0. The molecule has 0 radical (unpaired) electrons. The number of nitrogens with zero attached hydrogens (tertiary/aromatic N) is 1. The third-order valence-corrected chi connectivity index (χ3v) is 8.81. The number of para-hydroxylation sites is 4. The number of ketones is 1. The van der Waals surface area contributed by atoms with Gasteiger partial charge in [0, 0.05) is 42.9 Å². The van der Waals surface area contributed by atoms with Crippen molar-refractivity contribution in [3.8, 4) is 11.1 Å². The molecule has 0 spiro atoms. The first-order valence-corrected chi connectivity index (χ1v) is 14.4. The number of hydrogen-bond donors (Lipinski definition) is 0. The van der Waals surface area contributed by atoms with Gasteiger partial charge < -0.3 is 9.32 Å². The molecule has 1 aliphatic rings. The highest BCUT2D eigenvalue weighted by Crippen LogP contribution is 2.51. The van der Waals surface area contributed by atoms with E-state index < -0.39 is 0 Å². The molecule has 0 saturated carbocycles. The number of anilines is 3. The number of carbonyl (C=O) groups excluding carboxylic acids is 1. The normalized spacial score (nSPS) is 12.3. The van der Waals surface area contributed by atoms with Crippen LogP contribution >= 0.6 is 11.8 Å². The third-order valence-electron chi connectivity index (χ3n) is 7.68. The fourth-order valence-electron chi connectivity index (χ4n) is 5.69. The Morgan fingerprint density at radius 2 is 1.15 bits per heavy atom. The molecule has 7 aromatic rings. The fraction of sp³-hybridized carbons (Fsp3) is 0. The Morgan fingerprint density at radius 1 is 0.561 bits per heavy atom. The van der Waals surface area contributed by atoms with Crippen LogP contribution in [0.1, 0.15) is 15.9 Å². The third kappa shape index (κ3) is 3.95. The smallest absolute Gasteiger partial charge is 0.193 e. The second-order valence-electron chi connectivity index (χ2n) is 10.1. The first kappa shape index (κ1) is 23.8. The average Bonchev–Trinajstić information content (AvgIpc) is 3.42. The van der Waals surface area contributed by atoms with Crippen molar-refractivity contribution in [1.82, 2.24) is 0 Å². The highest BCUT2D eigenvalue weighted by atomic mass is 32.2. The molecule has 41 heavy (non-hydrogen) atoms. The molecule has 0 fully saturated rings. The van der Waals surface area contributed by atoms with Gasteiger partial charge in [-0.3, -0.25) is 4.79 Å². The summed E-state index contributed by atoms with van der Waals surface area (Å²) in [6, 6.07) is 46.9. The molecule has 0 N–H and O–H groups in total. The number of hydrogen-bond acceptors (Lipinski definition) is 4. The monoisotopic (exact) mass is 545 g/mol. The Kier molecular flexibility index (Phi) is 5.54. The number of carbonyl (C=O) groups is 1. The van der Waals surface area contributed by atoms with E-state index in [1.54, 1.807) is 11.8 Å². The lowest BCUT2D eigenvalue weighted by Crippen LogP contribution is -2.14. The lowest BCUT2D eigenvalue weighted by atomic mass is 9.98. The zero-order chi connectivity index (χ0) is 27.3. The molecule has 8 rings (SSSR count).